The van der Waals surface area contributed by atoms with E-state index in [1.807, 2.05) is 38.1 Å². The standard InChI is InChI=1S/C19H19BrO4/c1-13(2)11-23-18(21)15-6-8-16(9-7-15)19(22)24-12-14-4-3-5-17(20)10-14/h3-10,13H,11-12H2,1-2H3. The monoisotopic (exact) mass is 390 g/mol. The maximum absolute atomic E-state index is 12.0. The maximum Gasteiger partial charge on any atom is 0.338 e. The molecular formula is C19H19BrO4. The summed E-state index contributed by atoms with van der Waals surface area (Å²) in [6.07, 6.45) is 0. The number of esters is 2. The summed E-state index contributed by atoms with van der Waals surface area (Å²) >= 11 is 3.37. The van der Waals surface area contributed by atoms with Crippen LogP contribution in [0.1, 0.15) is 40.1 Å². The van der Waals surface area contributed by atoms with E-state index < -0.39 is 11.9 Å². The molecule has 0 heterocycles. The summed E-state index contributed by atoms with van der Waals surface area (Å²) < 4.78 is 11.4. The number of ether oxygens (including phenoxy) is 2. The highest BCUT2D eigenvalue weighted by Crippen LogP contribution is 2.14. The lowest BCUT2D eigenvalue weighted by molar-refractivity contribution is 0.0450. The molecule has 126 valence electrons. The molecule has 0 aliphatic rings. The van der Waals surface area contributed by atoms with Gasteiger partial charge in [-0.3, -0.25) is 0 Å². The topological polar surface area (TPSA) is 52.6 Å². The van der Waals surface area contributed by atoms with E-state index in [-0.39, 0.29) is 12.5 Å². The molecular weight excluding hydrogens is 372 g/mol. The van der Waals surface area contributed by atoms with E-state index in [9.17, 15) is 9.59 Å². The first-order chi connectivity index (χ1) is 11.5. The second-order valence-corrected chi connectivity index (χ2v) is 6.69. The minimum Gasteiger partial charge on any atom is -0.462 e. The van der Waals surface area contributed by atoms with Gasteiger partial charge in [-0.1, -0.05) is 41.9 Å². The largest absolute Gasteiger partial charge is 0.462 e. The molecule has 0 aliphatic carbocycles. The van der Waals surface area contributed by atoms with Crippen LogP contribution in [0.15, 0.2) is 53.0 Å². The Labute approximate surface area is 149 Å². The minimum absolute atomic E-state index is 0.191. The van der Waals surface area contributed by atoms with Gasteiger partial charge in [0.2, 0.25) is 0 Å². The SMILES string of the molecule is CC(C)COC(=O)c1ccc(C(=O)OCc2cccc(Br)c2)cc1. The van der Waals surface area contributed by atoms with Gasteiger partial charge in [0.05, 0.1) is 17.7 Å². The Morgan fingerprint density at radius 2 is 1.54 bits per heavy atom. The molecule has 0 bridgehead atoms. The number of hydrogen-bond acceptors (Lipinski definition) is 4. The Bertz CT molecular complexity index is 708. The van der Waals surface area contributed by atoms with Gasteiger partial charge in [0.1, 0.15) is 6.61 Å². The van der Waals surface area contributed by atoms with Crippen LogP contribution in [0.25, 0.3) is 0 Å². The molecule has 0 unspecified atom stereocenters. The Kier molecular flexibility index (Phi) is 6.55. The average Bonchev–Trinajstić information content (AvgIpc) is 2.57. The lowest BCUT2D eigenvalue weighted by Crippen LogP contribution is -2.11. The van der Waals surface area contributed by atoms with Crippen LogP contribution in [-0.4, -0.2) is 18.5 Å². The van der Waals surface area contributed by atoms with Crippen molar-refractivity contribution in [3.8, 4) is 0 Å². The van der Waals surface area contributed by atoms with Gasteiger partial charge in [-0.05, 0) is 47.9 Å². The zero-order valence-electron chi connectivity index (χ0n) is 13.6. The van der Waals surface area contributed by atoms with Crippen LogP contribution in [-0.2, 0) is 16.1 Å². The van der Waals surface area contributed by atoms with Crippen LogP contribution in [0.2, 0.25) is 0 Å². The molecule has 4 nitrogen and oxygen atoms in total. The zero-order chi connectivity index (χ0) is 17.5. The first-order valence-corrected chi connectivity index (χ1v) is 8.44. The van der Waals surface area contributed by atoms with Crippen LogP contribution in [0, 0.1) is 5.92 Å². The van der Waals surface area contributed by atoms with Crippen LogP contribution in [0.5, 0.6) is 0 Å². The van der Waals surface area contributed by atoms with Gasteiger partial charge in [0.15, 0.2) is 0 Å². The Balaban J connectivity index is 1.92. The molecule has 0 saturated carbocycles. The van der Waals surface area contributed by atoms with Crippen molar-refractivity contribution in [1.29, 1.82) is 0 Å². The lowest BCUT2D eigenvalue weighted by Gasteiger charge is -2.08. The molecule has 0 aliphatic heterocycles. The van der Waals surface area contributed by atoms with E-state index >= 15 is 0 Å². The fourth-order valence-electron chi connectivity index (χ4n) is 1.93. The molecule has 0 amide bonds. The number of rotatable bonds is 6. The first kappa shape index (κ1) is 18.2. The average molecular weight is 391 g/mol. The number of halogens is 1. The van der Waals surface area contributed by atoms with Crippen molar-refractivity contribution >= 4 is 27.9 Å². The normalized spacial score (nSPS) is 10.5. The van der Waals surface area contributed by atoms with E-state index in [2.05, 4.69) is 15.9 Å². The van der Waals surface area contributed by atoms with E-state index in [4.69, 9.17) is 9.47 Å². The number of hydrogen-bond donors (Lipinski definition) is 0. The quantitative estimate of drug-likeness (QED) is 0.675. The third-order valence-electron chi connectivity index (χ3n) is 3.16. The van der Waals surface area contributed by atoms with E-state index in [0.717, 1.165) is 10.0 Å². The smallest absolute Gasteiger partial charge is 0.338 e. The highest BCUT2D eigenvalue weighted by Gasteiger charge is 2.11. The predicted molar refractivity (Wildman–Crippen MR) is 94.8 cm³/mol. The zero-order valence-corrected chi connectivity index (χ0v) is 15.2. The molecule has 0 atom stereocenters. The second kappa shape index (κ2) is 8.64. The van der Waals surface area contributed by atoms with Gasteiger partial charge in [0, 0.05) is 4.47 Å². The molecule has 5 heteroatoms. The molecule has 2 aromatic rings. The molecule has 24 heavy (non-hydrogen) atoms. The highest BCUT2D eigenvalue weighted by atomic mass is 79.9. The van der Waals surface area contributed by atoms with Gasteiger partial charge in [-0.2, -0.15) is 0 Å². The first-order valence-electron chi connectivity index (χ1n) is 7.64. The highest BCUT2D eigenvalue weighted by molar-refractivity contribution is 9.10. The minimum atomic E-state index is -0.433. The molecule has 0 saturated heterocycles. The van der Waals surface area contributed by atoms with Crippen LogP contribution in [0.3, 0.4) is 0 Å². The van der Waals surface area contributed by atoms with Crippen LogP contribution < -0.4 is 0 Å². The summed E-state index contributed by atoms with van der Waals surface area (Å²) in [6, 6.07) is 13.8. The van der Waals surface area contributed by atoms with Crippen LogP contribution in [0.4, 0.5) is 0 Å². The number of benzene rings is 2. The van der Waals surface area contributed by atoms with Gasteiger partial charge in [-0.15, -0.1) is 0 Å². The summed E-state index contributed by atoms with van der Waals surface area (Å²) in [5.74, 6) is -0.545. The molecule has 0 radical (unpaired) electrons. The fraction of sp³-hybridized carbons (Fsp3) is 0.263. The van der Waals surface area contributed by atoms with Gasteiger partial charge < -0.3 is 9.47 Å². The predicted octanol–water partition coefficient (Wildman–Crippen LogP) is 4.62. The summed E-state index contributed by atoms with van der Waals surface area (Å²) in [6.45, 7) is 4.50. The number of carbonyl (C=O) groups excluding carboxylic acids is 2. The van der Waals surface area contributed by atoms with Crippen molar-refractivity contribution in [3.05, 3.63) is 69.7 Å². The summed E-state index contributed by atoms with van der Waals surface area (Å²) in [4.78, 5) is 23.9. The summed E-state index contributed by atoms with van der Waals surface area (Å²) in [5, 5.41) is 0. The van der Waals surface area contributed by atoms with E-state index in [0.29, 0.717) is 17.7 Å². The van der Waals surface area contributed by atoms with Gasteiger partial charge >= 0.3 is 11.9 Å². The van der Waals surface area contributed by atoms with Gasteiger partial charge in [-0.25, -0.2) is 9.59 Å². The maximum atomic E-state index is 12.0. The van der Waals surface area contributed by atoms with Crippen molar-refractivity contribution in [2.45, 2.75) is 20.5 Å². The molecule has 2 aromatic carbocycles. The fourth-order valence-corrected chi connectivity index (χ4v) is 2.37. The lowest BCUT2D eigenvalue weighted by atomic mass is 10.1. The van der Waals surface area contributed by atoms with Crippen molar-refractivity contribution < 1.29 is 19.1 Å². The third-order valence-corrected chi connectivity index (χ3v) is 3.66. The van der Waals surface area contributed by atoms with Crippen molar-refractivity contribution in [2.75, 3.05) is 6.61 Å². The number of carbonyl (C=O) groups is 2. The molecule has 0 N–H and O–H groups in total. The molecule has 0 spiro atoms. The van der Waals surface area contributed by atoms with Crippen LogP contribution >= 0.6 is 15.9 Å². The van der Waals surface area contributed by atoms with Crippen molar-refractivity contribution in [2.24, 2.45) is 5.92 Å². The Morgan fingerprint density at radius 3 is 2.08 bits per heavy atom. The van der Waals surface area contributed by atoms with E-state index in [1.54, 1.807) is 24.3 Å². The van der Waals surface area contributed by atoms with Crippen molar-refractivity contribution in [3.63, 3.8) is 0 Å². The molecule has 0 aromatic heterocycles. The third kappa shape index (κ3) is 5.49. The molecule has 0 fully saturated rings. The molecule has 2 rings (SSSR count). The Morgan fingerprint density at radius 1 is 0.958 bits per heavy atom. The van der Waals surface area contributed by atoms with Crippen molar-refractivity contribution in [1.82, 2.24) is 0 Å². The van der Waals surface area contributed by atoms with Gasteiger partial charge in [0.25, 0.3) is 0 Å². The Hall–Kier alpha value is -2.14. The summed E-state index contributed by atoms with van der Waals surface area (Å²) in [5.41, 5.74) is 1.70. The second-order valence-electron chi connectivity index (χ2n) is 5.78. The van der Waals surface area contributed by atoms with E-state index in [1.165, 1.54) is 0 Å². The summed E-state index contributed by atoms with van der Waals surface area (Å²) in [7, 11) is 0.